The summed E-state index contributed by atoms with van der Waals surface area (Å²) in [5, 5.41) is 22.9. The van der Waals surface area contributed by atoms with Gasteiger partial charge in [-0.2, -0.15) is 5.10 Å². The highest BCUT2D eigenvalue weighted by atomic mass is 79.9. The summed E-state index contributed by atoms with van der Waals surface area (Å²) >= 11 is 3.35. The number of nitrogens with two attached hydrogens (primary N) is 1. The molecule has 1 aromatic carbocycles. The zero-order valence-corrected chi connectivity index (χ0v) is 17.9. The molecule has 0 amide bonds. The van der Waals surface area contributed by atoms with Crippen LogP contribution in [0, 0.1) is 5.82 Å². The molecule has 158 valence electrons. The van der Waals surface area contributed by atoms with Crippen LogP contribution in [-0.4, -0.2) is 48.1 Å². The van der Waals surface area contributed by atoms with Gasteiger partial charge in [-0.05, 0) is 53.0 Å². The van der Waals surface area contributed by atoms with E-state index in [2.05, 4.69) is 46.1 Å². The molecule has 31 heavy (non-hydrogen) atoms. The molecule has 0 aliphatic carbocycles. The highest BCUT2D eigenvalue weighted by molar-refractivity contribution is 9.10. The zero-order valence-electron chi connectivity index (χ0n) is 16.3. The summed E-state index contributed by atoms with van der Waals surface area (Å²) < 4.78 is 16.4. The Balaban J connectivity index is 1.45. The third-order valence-electron chi connectivity index (χ3n) is 5.41. The minimum Gasteiger partial charge on any atom is -0.507 e. The minimum atomic E-state index is -0.467. The number of phenolic OH excluding ortho intramolecular Hbond substituents is 1. The number of rotatable bonds is 3. The van der Waals surface area contributed by atoms with Crippen molar-refractivity contribution in [2.45, 2.75) is 18.9 Å². The molecule has 11 heteroatoms. The average molecular weight is 485 g/mol. The highest BCUT2D eigenvalue weighted by Gasteiger charge is 2.25. The number of hydrogen-bond donors (Lipinski definition) is 2. The molecule has 0 spiro atoms. The summed E-state index contributed by atoms with van der Waals surface area (Å²) in [6, 6.07) is 5.55. The topological polar surface area (TPSA) is 119 Å². The molecule has 4 aromatic rings. The molecule has 3 N–H and O–H groups in total. The summed E-state index contributed by atoms with van der Waals surface area (Å²) in [6.07, 6.45) is 5.10. The Morgan fingerprint density at radius 3 is 2.58 bits per heavy atom. The molecule has 3 aromatic heterocycles. The number of benzene rings is 1. The lowest BCUT2D eigenvalue weighted by Gasteiger charge is -2.32. The van der Waals surface area contributed by atoms with Gasteiger partial charge in [0, 0.05) is 31.0 Å². The number of phenols is 1. The van der Waals surface area contributed by atoms with Crippen molar-refractivity contribution in [3.63, 3.8) is 0 Å². The van der Waals surface area contributed by atoms with Crippen LogP contribution in [0.4, 0.5) is 16.2 Å². The molecule has 0 radical (unpaired) electrons. The first-order valence-electron chi connectivity index (χ1n) is 9.72. The van der Waals surface area contributed by atoms with E-state index in [-0.39, 0.29) is 23.2 Å². The van der Waals surface area contributed by atoms with Gasteiger partial charge in [0.25, 0.3) is 0 Å². The van der Waals surface area contributed by atoms with Gasteiger partial charge in [0.05, 0.1) is 21.7 Å². The van der Waals surface area contributed by atoms with Crippen LogP contribution >= 0.6 is 15.9 Å². The Bertz CT molecular complexity index is 1250. The fourth-order valence-corrected chi connectivity index (χ4v) is 4.06. The SMILES string of the molecule is Nc1nn(C2CCN(c3ncc(Br)cn3)CC2)c2cc(-c3cc(F)ccc3O)nnc12. The maximum Gasteiger partial charge on any atom is 0.225 e. The van der Waals surface area contributed by atoms with Gasteiger partial charge in [0.15, 0.2) is 11.3 Å². The van der Waals surface area contributed by atoms with E-state index in [1.54, 1.807) is 18.5 Å². The molecule has 5 rings (SSSR count). The lowest BCUT2D eigenvalue weighted by Crippen LogP contribution is -2.36. The normalized spacial score (nSPS) is 15.0. The molecule has 0 bridgehead atoms. The second-order valence-corrected chi connectivity index (χ2v) is 8.29. The van der Waals surface area contributed by atoms with E-state index >= 15 is 0 Å². The van der Waals surface area contributed by atoms with Gasteiger partial charge in [-0.1, -0.05) is 0 Å². The number of aromatic hydroxyl groups is 1. The summed E-state index contributed by atoms with van der Waals surface area (Å²) in [5.41, 5.74) is 7.88. The van der Waals surface area contributed by atoms with Gasteiger partial charge in [-0.25, -0.2) is 14.4 Å². The van der Waals surface area contributed by atoms with Crippen LogP contribution in [0.15, 0.2) is 41.1 Å². The summed E-state index contributed by atoms with van der Waals surface area (Å²) in [6.45, 7) is 1.53. The number of fused-ring (bicyclic) bond motifs is 1. The number of nitrogens with zero attached hydrogens (tertiary/aromatic N) is 7. The van der Waals surface area contributed by atoms with Crippen molar-refractivity contribution in [3.05, 3.63) is 46.9 Å². The summed E-state index contributed by atoms with van der Waals surface area (Å²) in [7, 11) is 0. The molecule has 1 aliphatic heterocycles. The highest BCUT2D eigenvalue weighted by Crippen LogP contribution is 2.33. The van der Waals surface area contributed by atoms with E-state index in [1.807, 2.05) is 4.68 Å². The van der Waals surface area contributed by atoms with Crippen LogP contribution in [0.2, 0.25) is 0 Å². The van der Waals surface area contributed by atoms with Crippen LogP contribution < -0.4 is 10.6 Å². The van der Waals surface area contributed by atoms with Crippen LogP contribution in [0.25, 0.3) is 22.3 Å². The summed E-state index contributed by atoms with van der Waals surface area (Å²) in [4.78, 5) is 10.9. The van der Waals surface area contributed by atoms with E-state index in [4.69, 9.17) is 5.73 Å². The molecule has 4 heterocycles. The molecular weight excluding hydrogens is 467 g/mol. The molecular formula is C20H18BrFN8O. The van der Waals surface area contributed by atoms with E-state index in [1.165, 1.54) is 18.2 Å². The predicted molar refractivity (Wildman–Crippen MR) is 117 cm³/mol. The van der Waals surface area contributed by atoms with Crippen LogP contribution in [0.1, 0.15) is 18.9 Å². The van der Waals surface area contributed by atoms with Gasteiger partial charge < -0.3 is 15.7 Å². The Labute approximate surface area is 184 Å². The maximum absolute atomic E-state index is 13.7. The number of piperidine rings is 1. The lowest BCUT2D eigenvalue weighted by atomic mass is 10.1. The Morgan fingerprint density at radius 1 is 1.10 bits per heavy atom. The van der Waals surface area contributed by atoms with Gasteiger partial charge in [-0.15, -0.1) is 10.2 Å². The van der Waals surface area contributed by atoms with E-state index in [9.17, 15) is 9.50 Å². The minimum absolute atomic E-state index is 0.0723. The van der Waals surface area contributed by atoms with Crippen LogP contribution in [0.5, 0.6) is 5.75 Å². The third kappa shape index (κ3) is 3.65. The number of aromatic nitrogens is 6. The third-order valence-corrected chi connectivity index (χ3v) is 5.82. The Hall–Kier alpha value is -3.34. The first-order valence-corrected chi connectivity index (χ1v) is 10.5. The number of nitrogen functional groups attached to an aromatic ring is 1. The number of hydrogen-bond acceptors (Lipinski definition) is 8. The fourth-order valence-electron chi connectivity index (χ4n) is 3.86. The molecule has 1 saturated heterocycles. The van der Waals surface area contributed by atoms with E-state index in [0.717, 1.165) is 30.4 Å². The van der Waals surface area contributed by atoms with Gasteiger partial charge in [0.2, 0.25) is 5.95 Å². The van der Waals surface area contributed by atoms with Crippen molar-refractivity contribution in [2.75, 3.05) is 23.7 Å². The lowest BCUT2D eigenvalue weighted by molar-refractivity contribution is 0.374. The predicted octanol–water partition coefficient (Wildman–Crippen LogP) is 3.31. The fraction of sp³-hybridized carbons (Fsp3) is 0.250. The Kier molecular flexibility index (Phi) is 4.89. The molecule has 0 unspecified atom stereocenters. The molecule has 0 atom stereocenters. The number of halogens is 2. The van der Waals surface area contributed by atoms with E-state index in [0.29, 0.717) is 22.7 Å². The maximum atomic E-state index is 13.7. The average Bonchev–Trinajstić information content (AvgIpc) is 3.12. The Morgan fingerprint density at radius 2 is 1.84 bits per heavy atom. The van der Waals surface area contributed by atoms with E-state index < -0.39 is 5.82 Å². The van der Waals surface area contributed by atoms with Crippen LogP contribution in [0.3, 0.4) is 0 Å². The van der Waals surface area contributed by atoms with Crippen molar-refractivity contribution in [1.29, 1.82) is 0 Å². The standard InChI is InChI=1S/C20H18BrFN8O/c21-11-9-24-20(25-10-11)29-5-3-13(4-6-29)30-16-8-15(26-27-18(16)19(23)28-30)14-7-12(22)1-2-17(14)31/h1-2,7-10,13,31H,3-6H2,(H2,23,28). The molecule has 9 nitrogen and oxygen atoms in total. The quantitative estimate of drug-likeness (QED) is 0.454. The molecule has 1 aliphatic rings. The van der Waals surface area contributed by atoms with Crippen molar-refractivity contribution in [3.8, 4) is 17.0 Å². The van der Waals surface area contributed by atoms with Gasteiger partial charge >= 0.3 is 0 Å². The molecule has 0 saturated carbocycles. The second kappa shape index (κ2) is 7.73. The smallest absolute Gasteiger partial charge is 0.225 e. The van der Waals surface area contributed by atoms with Gasteiger partial charge in [-0.3, -0.25) is 4.68 Å². The first kappa shape index (κ1) is 19.6. The van der Waals surface area contributed by atoms with Crippen LogP contribution in [-0.2, 0) is 0 Å². The van der Waals surface area contributed by atoms with Crippen molar-refractivity contribution in [1.82, 2.24) is 29.9 Å². The monoisotopic (exact) mass is 484 g/mol. The van der Waals surface area contributed by atoms with Gasteiger partial charge in [0.1, 0.15) is 11.6 Å². The van der Waals surface area contributed by atoms with Crippen molar-refractivity contribution in [2.24, 2.45) is 0 Å². The first-order chi connectivity index (χ1) is 15.0. The number of anilines is 2. The zero-order chi connectivity index (χ0) is 21.5. The second-order valence-electron chi connectivity index (χ2n) is 7.37. The van der Waals surface area contributed by atoms with Crippen molar-refractivity contribution < 1.29 is 9.50 Å². The summed E-state index contributed by atoms with van der Waals surface area (Å²) in [5.74, 6) is 0.444. The van der Waals surface area contributed by atoms with Crippen molar-refractivity contribution >= 4 is 38.7 Å². The molecule has 1 fully saturated rings. The largest absolute Gasteiger partial charge is 0.507 e.